The summed E-state index contributed by atoms with van der Waals surface area (Å²) in [5, 5.41) is 0. The van der Waals surface area contributed by atoms with Gasteiger partial charge in [0.2, 0.25) is 0 Å². The monoisotopic (exact) mass is 931 g/mol. The molecule has 8 rings (SSSR count). The Hall–Kier alpha value is -4.92. The predicted octanol–water partition coefficient (Wildman–Crippen LogP) is 13.1. The molecule has 0 N–H and O–H groups in total. The van der Waals surface area contributed by atoms with E-state index >= 15 is 0 Å². The smallest absolute Gasteiger partial charge is 0.0969 e. The Morgan fingerprint density at radius 3 is 1.81 bits per heavy atom. The molecule has 0 bridgehead atoms. The third-order valence-corrected chi connectivity index (χ3v) is 11.1. The topological polar surface area (TPSA) is 28.6 Å². The molecule has 296 valence electrons. The predicted molar refractivity (Wildman–Crippen MR) is 233 cm³/mol. The van der Waals surface area contributed by atoms with Crippen LogP contribution in [-0.2, 0) is 37.3 Å². The fraction of sp³-hybridized carbons (Fsp3) is 0.269. The Labute approximate surface area is 355 Å². The van der Waals surface area contributed by atoms with Crippen LogP contribution >= 0.6 is 0 Å². The molecule has 0 saturated carbocycles. The van der Waals surface area contributed by atoms with E-state index in [4.69, 9.17) is 9.72 Å². The Morgan fingerprint density at radius 2 is 1.23 bits per heavy atom. The average Bonchev–Trinajstić information content (AvgIpc) is 3.74. The first-order valence-electron chi connectivity index (χ1n) is 19.4. The zero-order valence-electron chi connectivity index (χ0n) is 35.0. The molecule has 0 saturated heterocycles. The summed E-state index contributed by atoms with van der Waals surface area (Å²) in [6, 6.07) is 50.7. The molecule has 1 aliphatic heterocycles. The molecular weight excluding hydrogens is 878 g/mol. The molecule has 0 amide bonds. The molecule has 5 heteroatoms. The summed E-state index contributed by atoms with van der Waals surface area (Å²) in [7, 11) is 0. The van der Waals surface area contributed by atoms with Crippen LogP contribution in [0.1, 0.15) is 95.8 Å². The van der Waals surface area contributed by atoms with E-state index < -0.39 is 5.41 Å². The van der Waals surface area contributed by atoms with Crippen LogP contribution in [-0.4, -0.2) is 11.7 Å². The van der Waals surface area contributed by atoms with Crippen molar-refractivity contribution in [1.82, 2.24) is 4.98 Å². The second kappa shape index (κ2) is 15.4. The van der Waals surface area contributed by atoms with Crippen LogP contribution in [0.25, 0.3) is 11.1 Å². The number of ether oxygens (including phenoxy) is 1. The quantitative estimate of drug-likeness (QED) is 0.155. The number of aromatic nitrogens is 1. The fourth-order valence-electron chi connectivity index (χ4n) is 8.13. The van der Waals surface area contributed by atoms with Crippen LogP contribution in [0.4, 0.5) is 11.4 Å². The maximum absolute atomic E-state index is 6.83. The van der Waals surface area contributed by atoms with Crippen LogP contribution in [0.5, 0.6) is 11.5 Å². The first-order chi connectivity index (χ1) is 26.1. The number of pyridine rings is 1. The fourth-order valence-corrected chi connectivity index (χ4v) is 8.13. The van der Waals surface area contributed by atoms with E-state index in [1.807, 2.05) is 18.3 Å². The first kappa shape index (κ1) is 41.7. The van der Waals surface area contributed by atoms with Crippen molar-refractivity contribution in [3.63, 3.8) is 0 Å². The van der Waals surface area contributed by atoms with Crippen molar-refractivity contribution in [3.05, 3.63) is 192 Å². The van der Waals surface area contributed by atoms with Crippen molar-refractivity contribution in [3.8, 4) is 22.6 Å². The Kier molecular flexibility index (Phi) is 11.3. The maximum Gasteiger partial charge on any atom is 0.0969 e. The molecule has 2 aliphatic rings. The van der Waals surface area contributed by atoms with Crippen molar-refractivity contribution in [2.24, 2.45) is 5.41 Å². The number of allylic oxidation sites excluding steroid dienone is 1. The molecular formula is C52H54N3OPt-3. The molecule has 6 aromatic rings. The summed E-state index contributed by atoms with van der Waals surface area (Å²) in [5.41, 5.74) is 11.9. The van der Waals surface area contributed by atoms with Crippen LogP contribution in [0, 0.1) is 25.0 Å². The SMILES string of the molecule is CC(C)(C)C1=CN(c2[c-]c(Oc3[c-]c(C4(c5ccccn5)c5ccccc5-c5ccccc54)ccc3)cc(C(C)(C)C)c2)CN1c1ccc(C(C)(C)C)cc1.[CH3-].[Pt]. The van der Waals surface area contributed by atoms with Gasteiger partial charge in [0.05, 0.1) is 17.8 Å². The van der Waals surface area contributed by atoms with Crippen molar-refractivity contribution < 1.29 is 25.8 Å². The molecule has 4 nitrogen and oxygen atoms in total. The second-order valence-corrected chi connectivity index (χ2v) is 18.1. The van der Waals surface area contributed by atoms with Crippen molar-refractivity contribution in [2.45, 2.75) is 78.6 Å². The van der Waals surface area contributed by atoms with Crippen molar-refractivity contribution in [1.29, 1.82) is 0 Å². The summed E-state index contributed by atoms with van der Waals surface area (Å²) >= 11 is 0. The number of benzene rings is 5. The molecule has 1 aromatic heterocycles. The second-order valence-electron chi connectivity index (χ2n) is 18.1. The van der Waals surface area contributed by atoms with Gasteiger partial charge in [-0.05, 0) is 62.9 Å². The van der Waals surface area contributed by atoms with Gasteiger partial charge in [0.25, 0.3) is 0 Å². The first-order valence-corrected chi connectivity index (χ1v) is 19.4. The minimum Gasteiger partial charge on any atom is -0.509 e. The van der Waals surface area contributed by atoms with Gasteiger partial charge in [0.15, 0.2) is 0 Å². The van der Waals surface area contributed by atoms with E-state index in [1.54, 1.807) is 0 Å². The van der Waals surface area contributed by atoms with Crippen LogP contribution in [0.15, 0.2) is 139 Å². The Morgan fingerprint density at radius 1 is 0.614 bits per heavy atom. The molecule has 0 fully saturated rings. The zero-order valence-corrected chi connectivity index (χ0v) is 37.2. The van der Waals surface area contributed by atoms with Crippen LogP contribution < -0.4 is 14.5 Å². The van der Waals surface area contributed by atoms with E-state index in [0.717, 1.165) is 16.9 Å². The summed E-state index contributed by atoms with van der Waals surface area (Å²) in [5.74, 6) is 1.30. The molecule has 0 spiro atoms. The molecule has 0 atom stereocenters. The Balaban J connectivity index is 0.00000275. The summed E-state index contributed by atoms with van der Waals surface area (Å²) in [6.45, 7) is 21.1. The maximum atomic E-state index is 6.83. The number of anilines is 2. The van der Waals surface area contributed by atoms with Gasteiger partial charge in [-0.2, -0.15) is 12.1 Å². The van der Waals surface area contributed by atoms with E-state index in [2.05, 4.69) is 200 Å². The number of nitrogens with zero attached hydrogens (tertiary/aromatic N) is 3. The molecule has 0 radical (unpaired) electrons. The number of hydrogen-bond acceptors (Lipinski definition) is 4. The zero-order chi connectivity index (χ0) is 38.8. The van der Waals surface area contributed by atoms with Gasteiger partial charge in [-0.1, -0.05) is 135 Å². The number of rotatable bonds is 6. The Bertz CT molecular complexity index is 2350. The van der Waals surface area contributed by atoms with Gasteiger partial charge in [-0.15, -0.1) is 41.5 Å². The largest absolute Gasteiger partial charge is 0.509 e. The average molecular weight is 932 g/mol. The number of hydrogen-bond donors (Lipinski definition) is 0. The van der Waals surface area contributed by atoms with Crippen molar-refractivity contribution >= 4 is 11.4 Å². The van der Waals surface area contributed by atoms with Crippen LogP contribution in [0.3, 0.4) is 0 Å². The summed E-state index contributed by atoms with van der Waals surface area (Å²) < 4.78 is 6.83. The van der Waals surface area contributed by atoms with Gasteiger partial charge >= 0.3 is 0 Å². The van der Waals surface area contributed by atoms with E-state index in [1.165, 1.54) is 44.8 Å². The van der Waals surface area contributed by atoms with Crippen molar-refractivity contribution in [2.75, 3.05) is 16.5 Å². The van der Waals surface area contributed by atoms with Gasteiger partial charge in [0.1, 0.15) is 0 Å². The third-order valence-electron chi connectivity index (χ3n) is 11.1. The third kappa shape index (κ3) is 7.62. The van der Waals surface area contributed by atoms with E-state index in [9.17, 15) is 0 Å². The minimum absolute atomic E-state index is 0. The minimum atomic E-state index is -0.659. The number of fused-ring (bicyclic) bond motifs is 3. The molecule has 5 aromatic carbocycles. The summed E-state index contributed by atoms with van der Waals surface area (Å²) in [6.07, 6.45) is 4.17. The molecule has 2 heterocycles. The van der Waals surface area contributed by atoms with Gasteiger partial charge in [0, 0.05) is 61.8 Å². The molecule has 1 aliphatic carbocycles. The normalized spacial score (nSPS) is 14.6. The van der Waals surface area contributed by atoms with E-state index in [-0.39, 0.29) is 44.7 Å². The molecule has 0 unspecified atom stereocenters. The molecule has 57 heavy (non-hydrogen) atoms. The van der Waals surface area contributed by atoms with Crippen LogP contribution in [0.2, 0.25) is 0 Å². The van der Waals surface area contributed by atoms with Gasteiger partial charge in [-0.3, -0.25) is 4.98 Å². The van der Waals surface area contributed by atoms with Gasteiger partial charge < -0.3 is 22.0 Å². The van der Waals surface area contributed by atoms with Gasteiger partial charge in [-0.25, -0.2) is 0 Å². The summed E-state index contributed by atoms with van der Waals surface area (Å²) in [4.78, 5) is 9.73. The van der Waals surface area contributed by atoms with E-state index in [0.29, 0.717) is 18.2 Å². The standard InChI is InChI=1S/C51H51N3O.CH3.Pt/c1-48(2,3)35-24-26-38(27-25-35)54-34-53(33-47(54)50(7,8)9)39-29-37(49(4,5)6)31-41(32-39)55-40-18-16-17-36(30-40)51(46-23-14-15-28-52-46)44-21-12-10-19-42(44)43-20-11-13-22-45(43)51;;/h10-29,31,33H,34H2,1-9H3;1H3;/q-2;-1;.